The summed E-state index contributed by atoms with van der Waals surface area (Å²) in [4.78, 5) is 24.4. The van der Waals surface area contributed by atoms with Crippen LogP contribution in [-0.4, -0.2) is 17.4 Å². The van der Waals surface area contributed by atoms with Gasteiger partial charge in [0.1, 0.15) is 11.4 Å². The summed E-state index contributed by atoms with van der Waals surface area (Å²) in [5.41, 5.74) is -1.03. The molecule has 0 radical (unpaired) electrons. The third-order valence-corrected chi connectivity index (χ3v) is 5.50. The molecule has 114 valence electrons. The zero-order valence-corrected chi connectivity index (χ0v) is 13.2. The summed E-state index contributed by atoms with van der Waals surface area (Å²) in [6.07, 6.45) is 8.19. The zero-order chi connectivity index (χ0) is 14.8. The predicted octanol–water partition coefficient (Wildman–Crippen LogP) is 4.04. The van der Waals surface area contributed by atoms with E-state index in [0.717, 1.165) is 25.7 Å². The highest BCUT2D eigenvalue weighted by Crippen LogP contribution is 2.56. The molecule has 1 saturated carbocycles. The molecule has 0 spiro atoms. The maximum Gasteiger partial charge on any atom is 0.307 e. The summed E-state index contributed by atoms with van der Waals surface area (Å²) in [7, 11) is 0. The Morgan fingerprint density at radius 1 is 1.35 bits per heavy atom. The van der Waals surface area contributed by atoms with E-state index in [-0.39, 0.29) is 11.8 Å². The van der Waals surface area contributed by atoms with Crippen molar-refractivity contribution in [3.63, 3.8) is 0 Å². The fourth-order valence-electron chi connectivity index (χ4n) is 4.04. The number of rotatable bonds is 7. The third kappa shape index (κ3) is 2.64. The molecule has 0 aromatic heterocycles. The van der Waals surface area contributed by atoms with Gasteiger partial charge in [-0.1, -0.05) is 33.1 Å². The van der Waals surface area contributed by atoms with Crippen molar-refractivity contribution in [1.29, 1.82) is 0 Å². The van der Waals surface area contributed by atoms with E-state index in [1.165, 1.54) is 19.3 Å². The second-order valence-corrected chi connectivity index (χ2v) is 7.03. The maximum atomic E-state index is 12.7. The van der Waals surface area contributed by atoms with Crippen LogP contribution >= 0.6 is 0 Å². The van der Waals surface area contributed by atoms with E-state index in [9.17, 15) is 9.59 Å². The number of carbonyl (C=O) groups is 2. The van der Waals surface area contributed by atoms with Gasteiger partial charge in [-0.15, -0.1) is 0 Å². The normalized spacial score (nSPS) is 33.9. The summed E-state index contributed by atoms with van der Waals surface area (Å²) in [5, 5.41) is 0. The van der Waals surface area contributed by atoms with Crippen LogP contribution in [0.15, 0.2) is 0 Å². The topological polar surface area (TPSA) is 43.4 Å². The van der Waals surface area contributed by atoms with Gasteiger partial charge < -0.3 is 4.74 Å². The molecule has 0 bridgehead atoms. The Labute approximate surface area is 122 Å². The molecule has 0 aromatic carbocycles. The standard InChI is InChI=1S/C17H28O3/c1-4-5-7-13(2)8-9-14(18)17-11-6-10-16(17,3)20-15(19)12-17/h13H,4-12H2,1-3H3/t13-,16?,17?/m1/s1. The first kappa shape index (κ1) is 15.5. The SMILES string of the molecule is CCCC[C@@H](C)CCC(=O)C12CCCC1(C)OC(=O)C2. The lowest BCUT2D eigenvalue weighted by atomic mass is 9.70. The number of carbonyl (C=O) groups excluding carboxylic acids is 2. The lowest BCUT2D eigenvalue weighted by Crippen LogP contribution is -2.43. The maximum absolute atomic E-state index is 12.7. The molecule has 3 atom stereocenters. The molecule has 3 heteroatoms. The average Bonchev–Trinajstić information content (AvgIpc) is 2.82. The highest BCUT2D eigenvalue weighted by atomic mass is 16.6. The Hall–Kier alpha value is -0.860. The van der Waals surface area contributed by atoms with Crippen LogP contribution < -0.4 is 0 Å². The molecule has 2 unspecified atom stereocenters. The van der Waals surface area contributed by atoms with Gasteiger partial charge in [-0.05, 0) is 38.5 Å². The summed E-state index contributed by atoms with van der Waals surface area (Å²) in [6.45, 7) is 6.39. The number of Topliss-reactive ketones (excluding diaryl/α,β-unsaturated/α-hetero) is 1. The molecule has 2 aliphatic rings. The van der Waals surface area contributed by atoms with Crippen molar-refractivity contribution in [2.75, 3.05) is 0 Å². The highest BCUT2D eigenvalue weighted by Gasteiger charge is 2.63. The Bertz CT molecular complexity index is 390. The molecule has 1 saturated heterocycles. The number of unbranched alkanes of at least 4 members (excludes halogenated alkanes) is 1. The van der Waals surface area contributed by atoms with Crippen molar-refractivity contribution in [3.05, 3.63) is 0 Å². The lowest BCUT2D eigenvalue weighted by Gasteiger charge is -2.33. The van der Waals surface area contributed by atoms with Gasteiger partial charge in [0.05, 0.1) is 11.8 Å². The monoisotopic (exact) mass is 280 g/mol. The summed E-state index contributed by atoms with van der Waals surface area (Å²) in [5.74, 6) is 0.687. The molecule has 20 heavy (non-hydrogen) atoms. The van der Waals surface area contributed by atoms with Crippen LogP contribution in [0.4, 0.5) is 0 Å². The molecule has 3 nitrogen and oxygen atoms in total. The van der Waals surface area contributed by atoms with Crippen molar-refractivity contribution in [2.45, 2.75) is 84.2 Å². The van der Waals surface area contributed by atoms with E-state index < -0.39 is 11.0 Å². The molecule has 2 fully saturated rings. The summed E-state index contributed by atoms with van der Waals surface area (Å²) < 4.78 is 5.51. The lowest BCUT2D eigenvalue weighted by molar-refractivity contribution is -0.150. The Kier molecular flexibility index (Phi) is 4.55. The first-order valence-corrected chi connectivity index (χ1v) is 8.19. The van der Waals surface area contributed by atoms with Gasteiger partial charge in [0.15, 0.2) is 0 Å². The van der Waals surface area contributed by atoms with E-state index >= 15 is 0 Å². The largest absolute Gasteiger partial charge is 0.458 e. The van der Waals surface area contributed by atoms with Gasteiger partial charge in [-0.25, -0.2) is 0 Å². The minimum Gasteiger partial charge on any atom is -0.458 e. The number of hydrogen-bond acceptors (Lipinski definition) is 3. The molecule has 1 aliphatic heterocycles. The highest BCUT2D eigenvalue weighted by molar-refractivity contribution is 5.93. The Balaban J connectivity index is 1.96. The van der Waals surface area contributed by atoms with Crippen molar-refractivity contribution in [2.24, 2.45) is 11.3 Å². The molecule has 0 N–H and O–H groups in total. The van der Waals surface area contributed by atoms with Crippen molar-refractivity contribution < 1.29 is 14.3 Å². The number of hydrogen-bond donors (Lipinski definition) is 0. The molecular weight excluding hydrogens is 252 g/mol. The average molecular weight is 280 g/mol. The fraction of sp³-hybridized carbons (Fsp3) is 0.882. The first-order chi connectivity index (χ1) is 9.43. The van der Waals surface area contributed by atoms with Crippen molar-refractivity contribution >= 4 is 11.8 Å². The van der Waals surface area contributed by atoms with Crippen molar-refractivity contribution in [1.82, 2.24) is 0 Å². The van der Waals surface area contributed by atoms with Crippen LogP contribution in [0, 0.1) is 11.3 Å². The smallest absolute Gasteiger partial charge is 0.307 e. The predicted molar refractivity (Wildman–Crippen MR) is 78.3 cm³/mol. The molecule has 0 amide bonds. The van der Waals surface area contributed by atoms with Crippen LogP contribution in [0.2, 0.25) is 0 Å². The second-order valence-electron chi connectivity index (χ2n) is 7.03. The van der Waals surface area contributed by atoms with E-state index in [1.54, 1.807) is 0 Å². The summed E-state index contributed by atoms with van der Waals surface area (Å²) in [6, 6.07) is 0. The van der Waals surface area contributed by atoms with E-state index in [0.29, 0.717) is 18.8 Å². The van der Waals surface area contributed by atoms with Gasteiger partial charge in [0.25, 0.3) is 0 Å². The zero-order valence-electron chi connectivity index (χ0n) is 13.2. The minimum atomic E-state index is -0.520. The first-order valence-electron chi connectivity index (χ1n) is 8.19. The van der Waals surface area contributed by atoms with E-state index in [1.807, 2.05) is 6.92 Å². The number of fused-ring (bicyclic) bond motifs is 1. The van der Waals surface area contributed by atoms with Crippen LogP contribution in [-0.2, 0) is 14.3 Å². The number of ketones is 1. The molecule has 1 aliphatic carbocycles. The quantitative estimate of drug-likeness (QED) is 0.661. The fourth-order valence-corrected chi connectivity index (χ4v) is 4.04. The van der Waals surface area contributed by atoms with Gasteiger partial charge in [-0.3, -0.25) is 9.59 Å². The van der Waals surface area contributed by atoms with Gasteiger partial charge >= 0.3 is 5.97 Å². The van der Waals surface area contributed by atoms with Crippen molar-refractivity contribution in [3.8, 4) is 0 Å². The molecular formula is C17H28O3. The van der Waals surface area contributed by atoms with Crippen LogP contribution in [0.3, 0.4) is 0 Å². The van der Waals surface area contributed by atoms with Crippen LogP contribution in [0.25, 0.3) is 0 Å². The van der Waals surface area contributed by atoms with E-state index in [2.05, 4.69) is 13.8 Å². The molecule has 1 heterocycles. The minimum absolute atomic E-state index is 0.181. The Morgan fingerprint density at radius 3 is 2.80 bits per heavy atom. The summed E-state index contributed by atoms with van der Waals surface area (Å²) >= 11 is 0. The van der Waals surface area contributed by atoms with Gasteiger partial charge in [0, 0.05) is 6.42 Å². The molecule has 0 aromatic rings. The van der Waals surface area contributed by atoms with Crippen LogP contribution in [0.5, 0.6) is 0 Å². The second kappa shape index (κ2) is 5.87. The van der Waals surface area contributed by atoms with Gasteiger partial charge in [0.2, 0.25) is 0 Å². The Morgan fingerprint density at radius 2 is 2.10 bits per heavy atom. The third-order valence-electron chi connectivity index (χ3n) is 5.50. The van der Waals surface area contributed by atoms with Crippen LogP contribution in [0.1, 0.15) is 78.6 Å². The van der Waals surface area contributed by atoms with Gasteiger partial charge in [-0.2, -0.15) is 0 Å². The number of esters is 1. The molecule has 2 rings (SSSR count). The number of ether oxygens (including phenoxy) is 1. The van der Waals surface area contributed by atoms with E-state index in [4.69, 9.17) is 4.74 Å².